The molecule has 2 heteroatoms. The predicted octanol–water partition coefficient (Wildman–Crippen LogP) is 3.52. The minimum absolute atomic E-state index is 0.0302. The number of hydrogen-bond donors (Lipinski definition) is 1. The second kappa shape index (κ2) is 5.41. The van der Waals surface area contributed by atoms with E-state index in [0.717, 1.165) is 31.4 Å². The van der Waals surface area contributed by atoms with Gasteiger partial charge in [-0.1, -0.05) is 6.07 Å². The maximum atomic E-state index is 10.6. The largest absolute Gasteiger partial charge is 0.386 e. The van der Waals surface area contributed by atoms with Gasteiger partial charge in [-0.25, -0.2) is 0 Å². The van der Waals surface area contributed by atoms with E-state index < -0.39 is 6.10 Å². The fourth-order valence-electron chi connectivity index (χ4n) is 2.89. The van der Waals surface area contributed by atoms with Crippen LogP contribution in [0, 0.1) is 27.7 Å². The van der Waals surface area contributed by atoms with Crippen LogP contribution in [0.15, 0.2) is 6.07 Å². The summed E-state index contributed by atoms with van der Waals surface area (Å²) >= 11 is 0. The molecule has 2 nitrogen and oxygen atoms in total. The Morgan fingerprint density at radius 2 is 1.72 bits per heavy atom. The summed E-state index contributed by atoms with van der Waals surface area (Å²) in [4.78, 5) is 0. The van der Waals surface area contributed by atoms with Crippen LogP contribution < -0.4 is 0 Å². The van der Waals surface area contributed by atoms with Gasteiger partial charge in [0.2, 0.25) is 0 Å². The Morgan fingerprint density at radius 1 is 1.11 bits per heavy atom. The predicted molar refractivity (Wildman–Crippen MR) is 73.9 cm³/mol. The number of aliphatic hydroxyl groups excluding tert-OH is 1. The van der Waals surface area contributed by atoms with Crippen molar-refractivity contribution in [2.24, 2.45) is 0 Å². The average molecular weight is 248 g/mol. The van der Waals surface area contributed by atoms with Gasteiger partial charge in [0.25, 0.3) is 0 Å². The molecule has 2 unspecified atom stereocenters. The van der Waals surface area contributed by atoms with Gasteiger partial charge in [0.15, 0.2) is 0 Å². The molecule has 0 aromatic heterocycles. The lowest BCUT2D eigenvalue weighted by atomic mass is 9.87. The molecule has 0 amide bonds. The molecule has 0 radical (unpaired) electrons. The number of aryl methyl sites for hydroxylation is 2. The third-order valence-corrected chi connectivity index (χ3v) is 4.29. The standard InChI is InChI=1S/C16H24O2/c1-10-9-11(2)13(4)15(12(10)3)16(17)14-7-5-6-8-18-14/h9,14,16-17H,5-8H2,1-4H3. The minimum atomic E-state index is -0.483. The van der Waals surface area contributed by atoms with E-state index in [9.17, 15) is 5.11 Å². The Kier molecular flexibility index (Phi) is 4.08. The van der Waals surface area contributed by atoms with Gasteiger partial charge in [-0.15, -0.1) is 0 Å². The second-order valence-corrected chi connectivity index (χ2v) is 5.52. The molecule has 1 heterocycles. The van der Waals surface area contributed by atoms with Crippen molar-refractivity contribution in [2.75, 3.05) is 6.61 Å². The van der Waals surface area contributed by atoms with Gasteiger partial charge < -0.3 is 9.84 Å². The zero-order valence-electron chi connectivity index (χ0n) is 11.9. The molecule has 1 fully saturated rings. The van der Waals surface area contributed by atoms with Crippen molar-refractivity contribution in [2.45, 2.75) is 59.2 Å². The van der Waals surface area contributed by atoms with Gasteiger partial charge in [-0.2, -0.15) is 0 Å². The van der Waals surface area contributed by atoms with Gasteiger partial charge in [0.05, 0.1) is 6.10 Å². The molecule has 1 aromatic rings. The lowest BCUT2D eigenvalue weighted by Crippen LogP contribution is -2.27. The molecule has 0 aliphatic carbocycles. The van der Waals surface area contributed by atoms with Crippen LogP contribution in [-0.4, -0.2) is 17.8 Å². The smallest absolute Gasteiger partial charge is 0.106 e. The SMILES string of the molecule is Cc1cc(C)c(C)c(C(O)C2CCCCO2)c1C. The summed E-state index contributed by atoms with van der Waals surface area (Å²) in [6.07, 6.45) is 2.73. The molecule has 1 aliphatic rings. The summed E-state index contributed by atoms with van der Waals surface area (Å²) in [5.74, 6) is 0. The number of aliphatic hydroxyl groups is 1. The second-order valence-electron chi connectivity index (χ2n) is 5.52. The maximum Gasteiger partial charge on any atom is 0.106 e. The van der Waals surface area contributed by atoms with E-state index in [4.69, 9.17) is 4.74 Å². The molecule has 1 aliphatic heterocycles. The Labute approximate surface area is 110 Å². The Hall–Kier alpha value is -0.860. The Bertz CT molecular complexity index is 405. The van der Waals surface area contributed by atoms with E-state index in [1.165, 1.54) is 22.3 Å². The molecular formula is C16H24O2. The van der Waals surface area contributed by atoms with Crippen molar-refractivity contribution < 1.29 is 9.84 Å². The van der Waals surface area contributed by atoms with E-state index in [2.05, 4.69) is 33.8 Å². The van der Waals surface area contributed by atoms with Crippen LogP contribution in [0.1, 0.15) is 53.2 Å². The van der Waals surface area contributed by atoms with Gasteiger partial charge in [-0.3, -0.25) is 0 Å². The highest BCUT2D eigenvalue weighted by Gasteiger charge is 2.27. The zero-order chi connectivity index (χ0) is 13.3. The van der Waals surface area contributed by atoms with E-state index in [1.807, 2.05) is 0 Å². The monoisotopic (exact) mass is 248 g/mol. The summed E-state index contributed by atoms with van der Waals surface area (Å²) < 4.78 is 5.73. The van der Waals surface area contributed by atoms with E-state index in [1.54, 1.807) is 0 Å². The lowest BCUT2D eigenvalue weighted by molar-refractivity contribution is -0.0637. The Balaban J connectivity index is 2.37. The first-order chi connectivity index (χ1) is 8.52. The summed E-state index contributed by atoms with van der Waals surface area (Å²) in [5, 5.41) is 10.6. The van der Waals surface area contributed by atoms with Crippen LogP contribution >= 0.6 is 0 Å². The molecule has 1 aromatic carbocycles. The molecule has 1 N–H and O–H groups in total. The molecule has 0 spiro atoms. The quantitative estimate of drug-likeness (QED) is 0.867. The molecule has 18 heavy (non-hydrogen) atoms. The molecule has 2 rings (SSSR count). The van der Waals surface area contributed by atoms with Crippen molar-refractivity contribution in [1.82, 2.24) is 0 Å². The topological polar surface area (TPSA) is 29.5 Å². The highest BCUT2D eigenvalue weighted by molar-refractivity contribution is 5.45. The van der Waals surface area contributed by atoms with Crippen molar-refractivity contribution in [1.29, 1.82) is 0 Å². The molecule has 100 valence electrons. The van der Waals surface area contributed by atoms with Crippen molar-refractivity contribution >= 4 is 0 Å². The van der Waals surface area contributed by atoms with E-state index in [0.29, 0.717) is 0 Å². The van der Waals surface area contributed by atoms with Crippen LogP contribution in [0.25, 0.3) is 0 Å². The van der Waals surface area contributed by atoms with Crippen molar-refractivity contribution in [3.8, 4) is 0 Å². The fraction of sp³-hybridized carbons (Fsp3) is 0.625. The fourth-order valence-corrected chi connectivity index (χ4v) is 2.89. The average Bonchev–Trinajstić information content (AvgIpc) is 2.37. The van der Waals surface area contributed by atoms with Gasteiger partial charge in [0.1, 0.15) is 6.10 Å². The highest BCUT2D eigenvalue weighted by Crippen LogP contribution is 2.33. The summed E-state index contributed by atoms with van der Waals surface area (Å²) in [5.41, 5.74) is 6.00. The third-order valence-electron chi connectivity index (χ3n) is 4.29. The van der Waals surface area contributed by atoms with E-state index in [-0.39, 0.29) is 6.10 Å². The summed E-state index contributed by atoms with van der Waals surface area (Å²) in [6.45, 7) is 9.20. The molecule has 1 saturated heterocycles. The highest BCUT2D eigenvalue weighted by atomic mass is 16.5. The van der Waals surface area contributed by atoms with E-state index >= 15 is 0 Å². The first-order valence-electron chi connectivity index (χ1n) is 6.89. The lowest BCUT2D eigenvalue weighted by Gasteiger charge is -2.30. The van der Waals surface area contributed by atoms with Crippen LogP contribution in [0.4, 0.5) is 0 Å². The number of hydrogen-bond acceptors (Lipinski definition) is 2. The summed E-state index contributed by atoms with van der Waals surface area (Å²) in [6, 6.07) is 2.20. The first-order valence-corrected chi connectivity index (χ1v) is 6.89. The molecular weight excluding hydrogens is 224 g/mol. The first kappa shape index (κ1) is 13.6. The van der Waals surface area contributed by atoms with Crippen molar-refractivity contribution in [3.05, 3.63) is 33.9 Å². The third kappa shape index (κ3) is 2.45. The number of ether oxygens (including phenoxy) is 1. The van der Waals surface area contributed by atoms with Gasteiger partial charge >= 0.3 is 0 Å². The van der Waals surface area contributed by atoms with Gasteiger partial charge in [-0.05, 0) is 74.8 Å². The van der Waals surface area contributed by atoms with Crippen LogP contribution in [0.5, 0.6) is 0 Å². The van der Waals surface area contributed by atoms with Crippen LogP contribution in [0.2, 0.25) is 0 Å². The van der Waals surface area contributed by atoms with Crippen molar-refractivity contribution in [3.63, 3.8) is 0 Å². The minimum Gasteiger partial charge on any atom is -0.386 e. The van der Waals surface area contributed by atoms with Gasteiger partial charge in [0, 0.05) is 6.61 Å². The molecule has 2 atom stereocenters. The molecule has 0 saturated carbocycles. The molecule has 0 bridgehead atoms. The van der Waals surface area contributed by atoms with Crippen LogP contribution in [-0.2, 0) is 4.74 Å². The zero-order valence-corrected chi connectivity index (χ0v) is 11.9. The Morgan fingerprint density at radius 3 is 2.22 bits per heavy atom. The maximum absolute atomic E-state index is 10.6. The normalized spacial score (nSPS) is 21.9. The summed E-state index contributed by atoms with van der Waals surface area (Å²) in [7, 11) is 0. The number of rotatable bonds is 2. The van der Waals surface area contributed by atoms with Crippen LogP contribution in [0.3, 0.4) is 0 Å². The number of benzene rings is 1.